The Morgan fingerprint density at radius 1 is 1.00 bits per heavy atom. The molecule has 0 aliphatic rings. The standard InChI is InChI=1S/C14H28N2S.ClH/c1-4-5-6-7-8-9-10-11-12-17-14(13-15)16(2)3;/h14H,4-12H2,1-3H3;1H. The number of nitriles is 1. The summed E-state index contributed by atoms with van der Waals surface area (Å²) in [6.07, 6.45) is 10.9. The first kappa shape index (κ1) is 20.4. The van der Waals surface area contributed by atoms with Gasteiger partial charge in [-0.2, -0.15) is 5.26 Å². The minimum absolute atomic E-state index is 0. The number of hydrogen-bond donors (Lipinski definition) is 0. The van der Waals surface area contributed by atoms with E-state index in [1.807, 2.05) is 19.0 Å². The van der Waals surface area contributed by atoms with Crippen molar-refractivity contribution >= 4 is 24.2 Å². The highest BCUT2D eigenvalue weighted by Gasteiger charge is 2.08. The third-order valence-corrected chi connectivity index (χ3v) is 4.22. The molecule has 108 valence electrons. The van der Waals surface area contributed by atoms with Gasteiger partial charge in [0.2, 0.25) is 0 Å². The van der Waals surface area contributed by atoms with E-state index in [0.29, 0.717) is 0 Å². The molecule has 0 aromatic carbocycles. The van der Waals surface area contributed by atoms with Gasteiger partial charge in [0.05, 0.1) is 6.07 Å². The molecule has 1 unspecified atom stereocenters. The second-order valence-electron chi connectivity index (χ2n) is 4.79. The Balaban J connectivity index is 0. The minimum atomic E-state index is 0. The first-order valence-corrected chi connectivity index (χ1v) is 7.95. The molecule has 0 aromatic rings. The summed E-state index contributed by atoms with van der Waals surface area (Å²) >= 11 is 1.77. The molecule has 2 nitrogen and oxygen atoms in total. The molecule has 0 aliphatic heterocycles. The van der Waals surface area contributed by atoms with Gasteiger partial charge in [-0.05, 0) is 26.3 Å². The molecule has 0 N–H and O–H groups in total. The summed E-state index contributed by atoms with van der Waals surface area (Å²) in [6, 6.07) is 2.32. The highest BCUT2D eigenvalue weighted by atomic mass is 35.5. The molecule has 0 heterocycles. The van der Waals surface area contributed by atoms with Gasteiger partial charge in [-0.3, -0.25) is 4.90 Å². The maximum atomic E-state index is 8.91. The molecule has 18 heavy (non-hydrogen) atoms. The molecule has 1 atom stereocenters. The Kier molecular flexibility index (Phi) is 17.2. The molecule has 0 saturated heterocycles. The smallest absolute Gasteiger partial charge is 0.144 e. The van der Waals surface area contributed by atoms with Crippen molar-refractivity contribution in [3.05, 3.63) is 0 Å². The Morgan fingerprint density at radius 2 is 1.50 bits per heavy atom. The zero-order chi connectivity index (χ0) is 12.9. The van der Waals surface area contributed by atoms with Crippen LogP contribution in [0.25, 0.3) is 0 Å². The van der Waals surface area contributed by atoms with E-state index >= 15 is 0 Å². The molecule has 0 saturated carbocycles. The van der Waals surface area contributed by atoms with Crippen molar-refractivity contribution in [2.24, 2.45) is 0 Å². The van der Waals surface area contributed by atoms with Crippen LogP contribution in [0.3, 0.4) is 0 Å². The average Bonchev–Trinajstić information content (AvgIpc) is 2.31. The average molecular weight is 293 g/mol. The quantitative estimate of drug-likeness (QED) is 0.408. The lowest BCUT2D eigenvalue weighted by atomic mass is 10.1. The first-order valence-electron chi connectivity index (χ1n) is 6.90. The van der Waals surface area contributed by atoms with Gasteiger partial charge in [-0.25, -0.2) is 0 Å². The third kappa shape index (κ3) is 12.5. The lowest BCUT2D eigenvalue weighted by molar-refractivity contribution is 0.433. The molecular weight excluding hydrogens is 264 g/mol. The van der Waals surface area contributed by atoms with Gasteiger partial charge in [-0.15, -0.1) is 24.2 Å². The summed E-state index contributed by atoms with van der Waals surface area (Å²) in [5, 5.41) is 8.93. The van der Waals surface area contributed by atoms with Gasteiger partial charge in [-0.1, -0.05) is 51.9 Å². The van der Waals surface area contributed by atoms with E-state index in [4.69, 9.17) is 5.26 Å². The summed E-state index contributed by atoms with van der Waals surface area (Å²) in [4.78, 5) is 1.98. The summed E-state index contributed by atoms with van der Waals surface area (Å²) in [5.41, 5.74) is 0. The summed E-state index contributed by atoms with van der Waals surface area (Å²) in [5.74, 6) is 1.12. The van der Waals surface area contributed by atoms with E-state index in [2.05, 4.69) is 13.0 Å². The highest BCUT2D eigenvalue weighted by molar-refractivity contribution is 8.00. The fourth-order valence-electron chi connectivity index (χ4n) is 1.73. The molecule has 0 aromatic heterocycles. The monoisotopic (exact) mass is 292 g/mol. The normalized spacial score (nSPS) is 11.9. The Morgan fingerprint density at radius 3 is 1.94 bits per heavy atom. The van der Waals surface area contributed by atoms with E-state index < -0.39 is 0 Å². The predicted octanol–water partition coefficient (Wildman–Crippen LogP) is 4.69. The molecule has 0 spiro atoms. The molecule has 0 rings (SSSR count). The largest absolute Gasteiger partial charge is 0.286 e. The van der Waals surface area contributed by atoms with Gasteiger partial charge in [0.25, 0.3) is 0 Å². The fourth-order valence-corrected chi connectivity index (χ4v) is 2.70. The predicted molar refractivity (Wildman–Crippen MR) is 85.4 cm³/mol. The van der Waals surface area contributed by atoms with Crippen molar-refractivity contribution in [3.8, 4) is 6.07 Å². The fraction of sp³-hybridized carbons (Fsp3) is 0.929. The lowest BCUT2D eigenvalue weighted by Crippen LogP contribution is -2.23. The molecule has 0 radical (unpaired) electrons. The van der Waals surface area contributed by atoms with Crippen LogP contribution < -0.4 is 0 Å². The van der Waals surface area contributed by atoms with Crippen LogP contribution in [0, 0.1) is 11.3 Å². The van der Waals surface area contributed by atoms with Crippen molar-refractivity contribution in [2.75, 3.05) is 19.8 Å². The topological polar surface area (TPSA) is 27.0 Å². The Labute approximate surface area is 124 Å². The molecule has 0 aliphatic carbocycles. The number of halogens is 1. The number of nitrogens with zero attached hydrogens (tertiary/aromatic N) is 2. The Bertz CT molecular complexity index is 204. The number of unbranched alkanes of at least 4 members (excludes halogenated alkanes) is 7. The third-order valence-electron chi connectivity index (χ3n) is 2.85. The highest BCUT2D eigenvalue weighted by Crippen LogP contribution is 2.16. The van der Waals surface area contributed by atoms with E-state index in [1.54, 1.807) is 11.8 Å². The molecule has 0 bridgehead atoms. The van der Waals surface area contributed by atoms with Crippen LogP contribution in [0.1, 0.15) is 58.3 Å². The van der Waals surface area contributed by atoms with E-state index in [0.717, 1.165) is 5.75 Å². The van der Waals surface area contributed by atoms with Crippen LogP contribution in [0.15, 0.2) is 0 Å². The van der Waals surface area contributed by atoms with Gasteiger partial charge < -0.3 is 0 Å². The van der Waals surface area contributed by atoms with Crippen LogP contribution in [0.4, 0.5) is 0 Å². The van der Waals surface area contributed by atoms with E-state index in [-0.39, 0.29) is 17.8 Å². The van der Waals surface area contributed by atoms with Gasteiger partial charge in [0.15, 0.2) is 0 Å². The van der Waals surface area contributed by atoms with Crippen LogP contribution in [0.5, 0.6) is 0 Å². The minimum Gasteiger partial charge on any atom is -0.286 e. The van der Waals surface area contributed by atoms with Gasteiger partial charge >= 0.3 is 0 Å². The van der Waals surface area contributed by atoms with E-state index in [9.17, 15) is 0 Å². The summed E-state index contributed by atoms with van der Waals surface area (Å²) in [7, 11) is 3.93. The maximum absolute atomic E-state index is 8.91. The van der Waals surface area contributed by atoms with Crippen molar-refractivity contribution in [1.29, 1.82) is 5.26 Å². The Hall–Kier alpha value is 0.0900. The number of hydrogen-bond acceptors (Lipinski definition) is 3. The van der Waals surface area contributed by atoms with E-state index in [1.165, 1.54) is 51.4 Å². The second kappa shape index (κ2) is 15.1. The zero-order valence-electron chi connectivity index (χ0n) is 12.2. The van der Waals surface area contributed by atoms with Crippen molar-refractivity contribution in [3.63, 3.8) is 0 Å². The first-order chi connectivity index (χ1) is 8.22. The van der Waals surface area contributed by atoms with Crippen LogP contribution in [-0.4, -0.2) is 30.1 Å². The van der Waals surface area contributed by atoms with Crippen molar-refractivity contribution < 1.29 is 0 Å². The van der Waals surface area contributed by atoms with Gasteiger partial charge in [0.1, 0.15) is 5.37 Å². The van der Waals surface area contributed by atoms with Crippen molar-refractivity contribution in [1.82, 2.24) is 4.90 Å². The van der Waals surface area contributed by atoms with Crippen LogP contribution >= 0.6 is 24.2 Å². The second-order valence-corrected chi connectivity index (χ2v) is 5.98. The summed E-state index contributed by atoms with van der Waals surface area (Å²) < 4.78 is 0. The lowest BCUT2D eigenvalue weighted by Gasteiger charge is -2.15. The van der Waals surface area contributed by atoms with Crippen LogP contribution in [0.2, 0.25) is 0 Å². The zero-order valence-corrected chi connectivity index (χ0v) is 13.8. The molecule has 0 fully saturated rings. The molecule has 4 heteroatoms. The van der Waals surface area contributed by atoms with Crippen molar-refractivity contribution in [2.45, 2.75) is 63.7 Å². The number of thioether (sulfide) groups is 1. The number of rotatable bonds is 11. The van der Waals surface area contributed by atoms with Gasteiger partial charge in [0, 0.05) is 0 Å². The summed E-state index contributed by atoms with van der Waals surface area (Å²) in [6.45, 7) is 2.26. The SMILES string of the molecule is CCCCCCCCCCSC(C#N)N(C)C.Cl. The molecule has 0 amide bonds. The van der Waals surface area contributed by atoms with Crippen LogP contribution in [-0.2, 0) is 0 Å². The maximum Gasteiger partial charge on any atom is 0.144 e. The molecular formula is C14H29ClN2S.